The van der Waals surface area contributed by atoms with Crippen LogP contribution in [0.5, 0.6) is 0 Å². The Morgan fingerprint density at radius 3 is 2.68 bits per heavy atom. The Kier molecular flexibility index (Phi) is 4.45. The standard InChI is InChI=1S/C14H13ClF2N2/c1-18-13(14-10(15)3-2-6-19-14)8-9-4-5-11(16)12(17)7-9/h2-7,13,18H,8H2,1H3. The molecule has 1 atom stereocenters. The summed E-state index contributed by atoms with van der Waals surface area (Å²) in [6, 6.07) is 7.21. The van der Waals surface area contributed by atoms with E-state index in [0.717, 1.165) is 6.07 Å². The molecule has 0 aliphatic rings. The maximum atomic E-state index is 13.2. The fraction of sp³-hybridized carbons (Fsp3) is 0.214. The molecular weight excluding hydrogens is 270 g/mol. The summed E-state index contributed by atoms with van der Waals surface area (Å²) >= 11 is 6.08. The summed E-state index contributed by atoms with van der Waals surface area (Å²) in [4.78, 5) is 4.22. The van der Waals surface area contributed by atoms with Crippen molar-refractivity contribution < 1.29 is 8.78 Å². The summed E-state index contributed by atoms with van der Waals surface area (Å²) in [5.74, 6) is -1.69. The molecular formula is C14H13ClF2N2. The van der Waals surface area contributed by atoms with E-state index in [1.807, 2.05) is 0 Å². The van der Waals surface area contributed by atoms with Gasteiger partial charge in [0.05, 0.1) is 16.8 Å². The van der Waals surface area contributed by atoms with E-state index >= 15 is 0 Å². The second-order valence-corrected chi connectivity index (χ2v) is 4.57. The number of aromatic nitrogens is 1. The summed E-state index contributed by atoms with van der Waals surface area (Å²) in [6.07, 6.45) is 2.13. The number of nitrogens with zero attached hydrogens (tertiary/aromatic N) is 1. The quantitative estimate of drug-likeness (QED) is 0.928. The van der Waals surface area contributed by atoms with Crippen LogP contribution >= 0.6 is 11.6 Å². The van der Waals surface area contributed by atoms with Gasteiger partial charge in [-0.3, -0.25) is 4.98 Å². The number of hydrogen-bond donors (Lipinski definition) is 1. The van der Waals surface area contributed by atoms with Gasteiger partial charge < -0.3 is 5.32 Å². The number of halogens is 3. The van der Waals surface area contributed by atoms with E-state index in [1.165, 1.54) is 6.07 Å². The summed E-state index contributed by atoms with van der Waals surface area (Å²) < 4.78 is 26.1. The zero-order valence-corrected chi connectivity index (χ0v) is 11.1. The van der Waals surface area contributed by atoms with Gasteiger partial charge in [-0.05, 0) is 43.3 Å². The van der Waals surface area contributed by atoms with Gasteiger partial charge >= 0.3 is 0 Å². The maximum absolute atomic E-state index is 13.2. The minimum absolute atomic E-state index is 0.154. The molecule has 1 heterocycles. The minimum Gasteiger partial charge on any atom is -0.311 e. The SMILES string of the molecule is CNC(Cc1ccc(F)c(F)c1)c1ncccc1Cl. The summed E-state index contributed by atoms with van der Waals surface area (Å²) in [7, 11) is 1.77. The van der Waals surface area contributed by atoms with Crippen molar-refractivity contribution in [2.24, 2.45) is 0 Å². The van der Waals surface area contributed by atoms with Crippen molar-refractivity contribution in [2.45, 2.75) is 12.5 Å². The van der Waals surface area contributed by atoms with Crippen LogP contribution < -0.4 is 5.32 Å². The third kappa shape index (κ3) is 3.28. The fourth-order valence-electron chi connectivity index (χ4n) is 1.89. The first-order valence-electron chi connectivity index (χ1n) is 5.83. The van der Waals surface area contributed by atoms with Crippen LogP contribution in [0.25, 0.3) is 0 Å². The number of hydrogen-bond acceptors (Lipinski definition) is 2. The molecule has 2 nitrogen and oxygen atoms in total. The Morgan fingerprint density at radius 1 is 1.26 bits per heavy atom. The highest BCUT2D eigenvalue weighted by atomic mass is 35.5. The lowest BCUT2D eigenvalue weighted by atomic mass is 10.0. The minimum atomic E-state index is -0.848. The molecule has 0 saturated heterocycles. The van der Waals surface area contributed by atoms with Crippen LogP contribution in [0.3, 0.4) is 0 Å². The highest BCUT2D eigenvalue weighted by Gasteiger charge is 2.15. The highest BCUT2D eigenvalue weighted by molar-refractivity contribution is 6.31. The Bertz CT molecular complexity index is 575. The summed E-state index contributed by atoms with van der Waals surface area (Å²) in [6.45, 7) is 0. The molecule has 19 heavy (non-hydrogen) atoms. The Balaban J connectivity index is 2.24. The fourth-order valence-corrected chi connectivity index (χ4v) is 2.15. The predicted octanol–water partition coefficient (Wildman–Crippen LogP) is 3.52. The topological polar surface area (TPSA) is 24.9 Å². The van der Waals surface area contributed by atoms with Gasteiger partial charge in [0.1, 0.15) is 0 Å². The van der Waals surface area contributed by atoms with Crippen LogP contribution in [0, 0.1) is 11.6 Å². The molecule has 100 valence electrons. The molecule has 5 heteroatoms. The lowest BCUT2D eigenvalue weighted by molar-refractivity contribution is 0.504. The van der Waals surface area contributed by atoms with Crippen LogP contribution in [-0.4, -0.2) is 12.0 Å². The first kappa shape index (κ1) is 13.9. The van der Waals surface area contributed by atoms with E-state index in [0.29, 0.717) is 22.7 Å². The van der Waals surface area contributed by atoms with Crippen molar-refractivity contribution in [1.29, 1.82) is 0 Å². The molecule has 1 aromatic carbocycles. The van der Waals surface area contributed by atoms with Gasteiger partial charge in [0.2, 0.25) is 0 Å². The molecule has 0 spiro atoms. The second kappa shape index (κ2) is 6.08. The van der Waals surface area contributed by atoms with Gasteiger partial charge in [-0.1, -0.05) is 17.7 Å². The van der Waals surface area contributed by atoms with Crippen molar-refractivity contribution in [3.63, 3.8) is 0 Å². The first-order valence-corrected chi connectivity index (χ1v) is 6.21. The molecule has 0 radical (unpaired) electrons. The Hall–Kier alpha value is -1.52. The first-order chi connectivity index (χ1) is 9.11. The third-order valence-electron chi connectivity index (χ3n) is 2.89. The molecule has 0 aliphatic carbocycles. The van der Waals surface area contributed by atoms with Crippen LogP contribution in [0.4, 0.5) is 8.78 Å². The Morgan fingerprint density at radius 2 is 2.05 bits per heavy atom. The molecule has 2 aromatic rings. The summed E-state index contributed by atoms with van der Waals surface area (Å²) in [5, 5.41) is 3.62. The van der Waals surface area contributed by atoms with E-state index in [1.54, 1.807) is 31.4 Å². The van der Waals surface area contributed by atoms with Crippen molar-refractivity contribution in [3.05, 3.63) is 64.4 Å². The van der Waals surface area contributed by atoms with Crippen LogP contribution in [0.2, 0.25) is 5.02 Å². The lowest BCUT2D eigenvalue weighted by Gasteiger charge is -2.17. The largest absolute Gasteiger partial charge is 0.311 e. The van der Waals surface area contributed by atoms with Crippen molar-refractivity contribution in [2.75, 3.05) is 7.05 Å². The number of rotatable bonds is 4. The van der Waals surface area contributed by atoms with E-state index in [9.17, 15) is 8.78 Å². The molecule has 1 unspecified atom stereocenters. The van der Waals surface area contributed by atoms with Gasteiger partial charge in [-0.15, -0.1) is 0 Å². The third-order valence-corrected chi connectivity index (χ3v) is 3.21. The van der Waals surface area contributed by atoms with Gasteiger partial charge in [-0.25, -0.2) is 8.78 Å². The molecule has 0 bridgehead atoms. The van der Waals surface area contributed by atoms with Crippen molar-refractivity contribution in [3.8, 4) is 0 Å². The zero-order chi connectivity index (χ0) is 13.8. The molecule has 0 saturated carbocycles. The number of nitrogens with one attached hydrogen (secondary N) is 1. The lowest BCUT2D eigenvalue weighted by Crippen LogP contribution is -2.20. The van der Waals surface area contributed by atoms with E-state index in [-0.39, 0.29) is 6.04 Å². The molecule has 0 amide bonds. The smallest absolute Gasteiger partial charge is 0.159 e. The molecule has 0 aliphatic heterocycles. The van der Waals surface area contributed by atoms with E-state index in [4.69, 9.17) is 11.6 Å². The maximum Gasteiger partial charge on any atom is 0.159 e. The van der Waals surface area contributed by atoms with Crippen LogP contribution in [0.1, 0.15) is 17.3 Å². The van der Waals surface area contributed by atoms with Gasteiger partial charge in [0.25, 0.3) is 0 Å². The van der Waals surface area contributed by atoms with Gasteiger partial charge in [0.15, 0.2) is 11.6 Å². The molecule has 1 N–H and O–H groups in total. The van der Waals surface area contributed by atoms with Crippen molar-refractivity contribution >= 4 is 11.6 Å². The average molecular weight is 283 g/mol. The molecule has 2 rings (SSSR count). The predicted molar refractivity (Wildman–Crippen MR) is 71.1 cm³/mol. The van der Waals surface area contributed by atoms with Crippen LogP contribution in [0.15, 0.2) is 36.5 Å². The average Bonchev–Trinajstić information content (AvgIpc) is 2.41. The highest BCUT2D eigenvalue weighted by Crippen LogP contribution is 2.23. The van der Waals surface area contributed by atoms with Gasteiger partial charge in [-0.2, -0.15) is 0 Å². The zero-order valence-electron chi connectivity index (χ0n) is 10.3. The normalized spacial score (nSPS) is 12.4. The Labute approximate surface area is 115 Å². The van der Waals surface area contributed by atoms with Crippen molar-refractivity contribution in [1.82, 2.24) is 10.3 Å². The number of benzene rings is 1. The molecule has 0 fully saturated rings. The van der Waals surface area contributed by atoms with E-state index in [2.05, 4.69) is 10.3 Å². The molecule has 1 aromatic heterocycles. The van der Waals surface area contributed by atoms with E-state index < -0.39 is 11.6 Å². The van der Waals surface area contributed by atoms with Crippen LogP contribution in [-0.2, 0) is 6.42 Å². The second-order valence-electron chi connectivity index (χ2n) is 4.16. The number of likely N-dealkylation sites (N-methyl/N-ethyl adjacent to an activating group) is 1. The monoisotopic (exact) mass is 282 g/mol. The number of pyridine rings is 1. The summed E-state index contributed by atoms with van der Waals surface area (Å²) in [5.41, 5.74) is 1.37. The van der Waals surface area contributed by atoms with Gasteiger partial charge in [0, 0.05) is 6.20 Å².